The maximum atomic E-state index is 2.55. The van der Waals surface area contributed by atoms with Gasteiger partial charge < -0.3 is 0 Å². The minimum Gasteiger partial charge on any atom is -0.0763 e. The summed E-state index contributed by atoms with van der Waals surface area (Å²) in [6, 6.07) is 53.0. The van der Waals surface area contributed by atoms with Crippen molar-refractivity contribution in [2.75, 3.05) is 0 Å². The molecule has 0 radical (unpaired) electrons. The van der Waals surface area contributed by atoms with Crippen molar-refractivity contribution in [2.45, 2.75) is 12.8 Å². The van der Waals surface area contributed by atoms with Crippen LogP contribution in [0.5, 0.6) is 0 Å². The predicted octanol–water partition coefficient (Wildman–Crippen LogP) is 12.6. The normalized spacial score (nSPS) is 13.4. The van der Waals surface area contributed by atoms with Gasteiger partial charge in [0, 0.05) is 0 Å². The molecule has 0 heterocycles. The van der Waals surface area contributed by atoms with Crippen LogP contribution in [0, 0.1) is 0 Å². The molecular formula is C48H28. The lowest BCUT2D eigenvalue weighted by Crippen LogP contribution is -2.10. The van der Waals surface area contributed by atoms with Gasteiger partial charge >= 0.3 is 0 Å². The smallest absolute Gasteiger partial charge is 0.000741 e. The fourth-order valence-corrected chi connectivity index (χ4v) is 9.64. The highest BCUT2D eigenvalue weighted by atomic mass is 14.3. The maximum absolute atomic E-state index is 2.55. The summed E-state index contributed by atoms with van der Waals surface area (Å²) in [6.07, 6.45) is 4.70. The first kappa shape index (κ1) is 25.2. The third-order valence-electron chi connectivity index (χ3n) is 11.5. The largest absolute Gasteiger partial charge is 0.0763 e. The Morgan fingerprint density at radius 3 is 1.60 bits per heavy atom. The number of hydrogen-bond donors (Lipinski definition) is 0. The van der Waals surface area contributed by atoms with Crippen molar-refractivity contribution in [3.63, 3.8) is 0 Å². The minimum absolute atomic E-state index is 1.11. The standard InChI is InChI=1S/C48H28/c1-3-10-28(11-4-1)43-39-25-36-33-23-22-31-21-20-30-14-7-17-32-24-38(46(33)45(31)41(30)32)37(36)26-40(39)44(29-12-5-2-6-13-29)48-35-19-9-16-27-15-8-18-34(42(27)35)47(43)48/h1-6,8-13,15-26H,7,14H2. The third kappa shape index (κ3) is 3.02. The lowest BCUT2D eigenvalue weighted by Gasteiger charge is -2.17. The minimum atomic E-state index is 1.11. The molecule has 0 nitrogen and oxygen atoms in total. The van der Waals surface area contributed by atoms with E-state index in [0.717, 1.165) is 12.8 Å². The second-order valence-electron chi connectivity index (χ2n) is 13.8. The maximum Gasteiger partial charge on any atom is -0.000741 e. The van der Waals surface area contributed by atoms with E-state index in [9.17, 15) is 0 Å². The third-order valence-corrected chi connectivity index (χ3v) is 11.5. The molecule has 0 heteroatoms. The van der Waals surface area contributed by atoms with E-state index in [0.29, 0.717) is 0 Å². The molecule has 0 unspecified atom stereocenters. The van der Waals surface area contributed by atoms with Gasteiger partial charge in [-0.05, 0) is 150 Å². The number of benzene rings is 9. The summed E-state index contributed by atoms with van der Waals surface area (Å²) in [4.78, 5) is 0. The fraction of sp³-hybridized carbons (Fsp3) is 0.0417. The molecule has 0 bridgehead atoms. The second kappa shape index (κ2) is 8.88. The molecule has 1 aliphatic carbocycles. The SMILES string of the molecule is C1=c2cc3c4cc5c(-c6ccccc6)c6c7cccc8cccc(c6c(-c6ccccc6)c5cc4c4ccc5ccc(c2c5c43)CC1)c87. The van der Waals surface area contributed by atoms with Crippen LogP contribution < -0.4 is 5.22 Å². The zero-order valence-electron chi connectivity index (χ0n) is 26.3. The van der Waals surface area contributed by atoms with E-state index in [4.69, 9.17) is 0 Å². The van der Waals surface area contributed by atoms with Crippen LogP contribution in [-0.2, 0) is 6.42 Å². The molecule has 0 aliphatic heterocycles. The van der Waals surface area contributed by atoms with Gasteiger partial charge in [0.2, 0.25) is 0 Å². The van der Waals surface area contributed by atoms with Crippen LogP contribution in [-0.4, -0.2) is 0 Å². The first-order valence-corrected chi connectivity index (χ1v) is 17.2. The molecule has 0 fully saturated rings. The molecule has 0 amide bonds. The molecule has 0 saturated carbocycles. The van der Waals surface area contributed by atoms with Crippen LogP contribution >= 0.6 is 0 Å². The van der Waals surface area contributed by atoms with Crippen molar-refractivity contribution in [3.8, 4) is 22.3 Å². The van der Waals surface area contributed by atoms with Gasteiger partial charge in [-0.2, -0.15) is 0 Å². The van der Waals surface area contributed by atoms with Crippen molar-refractivity contribution in [1.29, 1.82) is 0 Å². The molecule has 220 valence electrons. The second-order valence-corrected chi connectivity index (χ2v) is 13.8. The van der Waals surface area contributed by atoms with E-state index in [1.54, 1.807) is 0 Å². The van der Waals surface area contributed by atoms with Gasteiger partial charge in [0.05, 0.1) is 0 Å². The first-order chi connectivity index (χ1) is 23.8. The fourth-order valence-electron chi connectivity index (χ4n) is 9.64. The van der Waals surface area contributed by atoms with Gasteiger partial charge in [0.25, 0.3) is 0 Å². The molecule has 1 aliphatic rings. The van der Waals surface area contributed by atoms with Gasteiger partial charge in [-0.15, -0.1) is 0 Å². The molecule has 0 atom stereocenters. The van der Waals surface area contributed by atoms with Crippen LogP contribution in [0.25, 0.3) is 115 Å². The molecule has 0 N–H and O–H groups in total. The van der Waals surface area contributed by atoms with Crippen LogP contribution in [0.1, 0.15) is 12.0 Å². The van der Waals surface area contributed by atoms with Crippen molar-refractivity contribution in [1.82, 2.24) is 0 Å². The van der Waals surface area contributed by atoms with Crippen molar-refractivity contribution < 1.29 is 0 Å². The summed E-state index contributed by atoms with van der Waals surface area (Å²) in [7, 11) is 0. The van der Waals surface area contributed by atoms with Crippen LogP contribution in [0.4, 0.5) is 0 Å². The van der Waals surface area contributed by atoms with Crippen molar-refractivity contribution >= 4 is 92.3 Å². The van der Waals surface area contributed by atoms with Gasteiger partial charge in [0.15, 0.2) is 0 Å². The number of aryl methyl sites for hydroxylation is 1. The average Bonchev–Trinajstić information content (AvgIpc) is 3.64. The Labute approximate surface area is 276 Å². The van der Waals surface area contributed by atoms with Gasteiger partial charge in [0.1, 0.15) is 0 Å². The highest BCUT2D eigenvalue weighted by Crippen LogP contribution is 2.53. The van der Waals surface area contributed by atoms with Crippen LogP contribution in [0.3, 0.4) is 0 Å². The number of fused-ring (bicyclic) bond motifs is 7. The summed E-state index contributed by atoms with van der Waals surface area (Å²) >= 11 is 0. The highest BCUT2D eigenvalue weighted by Gasteiger charge is 2.25. The van der Waals surface area contributed by atoms with E-state index in [2.05, 4.69) is 146 Å². The van der Waals surface area contributed by atoms with Crippen LogP contribution in [0.2, 0.25) is 0 Å². The zero-order valence-corrected chi connectivity index (χ0v) is 26.3. The van der Waals surface area contributed by atoms with E-state index >= 15 is 0 Å². The Kier molecular flexibility index (Phi) is 4.65. The lowest BCUT2D eigenvalue weighted by molar-refractivity contribution is 1.04. The molecule has 0 spiro atoms. The quantitative estimate of drug-likeness (QED) is 0.184. The predicted molar refractivity (Wildman–Crippen MR) is 208 cm³/mol. The molecular weight excluding hydrogens is 577 g/mol. The monoisotopic (exact) mass is 604 g/mol. The molecule has 0 saturated heterocycles. The van der Waals surface area contributed by atoms with E-state index in [1.807, 2.05) is 0 Å². The van der Waals surface area contributed by atoms with E-state index in [1.165, 1.54) is 119 Å². The number of rotatable bonds is 2. The zero-order chi connectivity index (χ0) is 31.1. The first-order valence-electron chi connectivity index (χ1n) is 17.2. The summed E-state index contributed by atoms with van der Waals surface area (Å²) in [5.74, 6) is 0. The Bertz CT molecular complexity index is 3180. The Balaban J connectivity index is 1.40. The molecule has 11 aromatic rings. The molecule has 0 aromatic heterocycles. The molecule has 48 heavy (non-hydrogen) atoms. The van der Waals surface area contributed by atoms with Gasteiger partial charge in [-0.3, -0.25) is 0 Å². The summed E-state index contributed by atoms with van der Waals surface area (Å²) in [6.45, 7) is 0. The van der Waals surface area contributed by atoms with E-state index < -0.39 is 0 Å². The molecule has 12 rings (SSSR count). The lowest BCUT2D eigenvalue weighted by atomic mass is 9.85. The Morgan fingerprint density at radius 2 is 0.938 bits per heavy atom. The molecule has 11 aromatic carbocycles. The van der Waals surface area contributed by atoms with Gasteiger partial charge in [-0.1, -0.05) is 127 Å². The van der Waals surface area contributed by atoms with Gasteiger partial charge in [-0.25, -0.2) is 0 Å². The van der Waals surface area contributed by atoms with E-state index in [-0.39, 0.29) is 0 Å². The summed E-state index contributed by atoms with van der Waals surface area (Å²) in [5.41, 5.74) is 6.70. The summed E-state index contributed by atoms with van der Waals surface area (Å²) in [5, 5.41) is 23.3. The summed E-state index contributed by atoms with van der Waals surface area (Å²) < 4.78 is 0. The van der Waals surface area contributed by atoms with Crippen LogP contribution in [0.15, 0.2) is 140 Å². The number of hydrogen-bond acceptors (Lipinski definition) is 0. The van der Waals surface area contributed by atoms with Crippen molar-refractivity contribution in [2.24, 2.45) is 0 Å². The Morgan fingerprint density at radius 1 is 0.333 bits per heavy atom. The highest BCUT2D eigenvalue weighted by molar-refractivity contribution is 6.42. The Hall–Kier alpha value is -5.98. The van der Waals surface area contributed by atoms with Crippen molar-refractivity contribution in [3.05, 3.63) is 150 Å². The average molecular weight is 605 g/mol. The topological polar surface area (TPSA) is 0 Å².